The van der Waals surface area contributed by atoms with Gasteiger partial charge in [0.05, 0.1) is 0 Å². The van der Waals surface area contributed by atoms with Crippen LogP contribution >= 0.6 is 11.3 Å². The molecule has 0 bridgehead atoms. The van der Waals surface area contributed by atoms with E-state index in [4.69, 9.17) is 0 Å². The van der Waals surface area contributed by atoms with Gasteiger partial charge in [0, 0.05) is 40.4 Å². The zero-order valence-corrected chi connectivity index (χ0v) is 16.4. The lowest BCUT2D eigenvalue weighted by atomic mass is 10.0. The fraction of sp³-hybridized carbons (Fsp3) is 0.0417. The second kappa shape index (κ2) is 8.63. The summed E-state index contributed by atoms with van der Waals surface area (Å²) in [6, 6.07) is 23.8. The summed E-state index contributed by atoms with van der Waals surface area (Å²) < 4.78 is 0. The van der Waals surface area contributed by atoms with Crippen LogP contribution in [0.2, 0.25) is 0 Å². The summed E-state index contributed by atoms with van der Waals surface area (Å²) >= 11 is 1.58. The van der Waals surface area contributed by atoms with Gasteiger partial charge in [0.2, 0.25) is 0 Å². The van der Waals surface area contributed by atoms with Crippen LogP contribution in [0.25, 0.3) is 10.6 Å². The first kappa shape index (κ1) is 18.8. The molecule has 3 aromatic carbocycles. The van der Waals surface area contributed by atoms with Crippen LogP contribution in [-0.4, -0.2) is 16.7 Å². The van der Waals surface area contributed by atoms with E-state index < -0.39 is 0 Å². The Morgan fingerprint density at radius 2 is 1.55 bits per heavy atom. The Labute approximate surface area is 172 Å². The van der Waals surface area contributed by atoms with Crippen LogP contribution in [0.3, 0.4) is 0 Å². The van der Waals surface area contributed by atoms with Gasteiger partial charge in [0.25, 0.3) is 5.91 Å². The predicted molar refractivity (Wildman–Crippen MR) is 115 cm³/mol. The average Bonchev–Trinajstić information content (AvgIpc) is 3.33. The van der Waals surface area contributed by atoms with Gasteiger partial charge in [-0.15, -0.1) is 11.3 Å². The van der Waals surface area contributed by atoms with E-state index in [0.29, 0.717) is 23.2 Å². The van der Waals surface area contributed by atoms with Crippen LogP contribution in [-0.2, 0) is 6.54 Å². The molecule has 0 aliphatic heterocycles. The molecule has 1 N–H and O–H groups in total. The lowest BCUT2D eigenvalue weighted by molar-refractivity contribution is 0.0949. The highest BCUT2D eigenvalue weighted by Crippen LogP contribution is 2.22. The third-order valence-corrected chi connectivity index (χ3v) is 5.33. The van der Waals surface area contributed by atoms with Crippen molar-refractivity contribution in [3.8, 4) is 10.6 Å². The molecule has 0 spiro atoms. The molecule has 5 heteroatoms. The highest BCUT2D eigenvalue weighted by atomic mass is 32.1. The van der Waals surface area contributed by atoms with E-state index in [2.05, 4.69) is 10.3 Å². The van der Waals surface area contributed by atoms with Crippen LogP contribution in [0.5, 0.6) is 0 Å². The van der Waals surface area contributed by atoms with Crippen molar-refractivity contribution in [1.29, 1.82) is 0 Å². The Kier molecular flexibility index (Phi) is 5.59. The first-order valence-electron chi connectivity index (χ1n) is 9.17. The van der Waals surface area contributed by atoms with Gasteiger partial charge >= 0.3 is 0 Å². The van der Waals surface area contributed by atoms with Crippen molar-refractivity contribution in [1.82, 2.24) is 10.3 Å². The lowest BCUT2D eigenvalue weighted by Gasteiger charge is -2.07. The Hall–Kier alpha value is -3.57. The van der Waals surface area contributed by atoms with Crippen LogP contribution in [0.15, 0.2) is 90.4 Å². The molecule has 0 saturated heterocycles. The van der Waals surface area contributed by atoms with Crippen LogP contribution in [0.1, 0.15) is 31.8 Å². The smallest absolute Gasteiger partial charge is 0.251 e. The maximum atomic E-state index is 12.5. The molecule has 0 aliphatic rings. The number of ketones is 1. The second-order valence-electron chi connectivity index (χ2n) is 6.49. The maximum Gasteiger partial charge on any atom is 0.251 e. The fourth-order valence-electron chi connectivity index (χ4n) is 2.99. The first-order chi connectivity index (χ1) is 14.2. The molecule has 4 aromatic rings. The molecule has 0 saturated carbocycles. The van der Waals surface area contributed by atoms with Crippen molar-refractivity contribution in [2.45, 2.75) is 6.54 Å². The Balaban J connectivity index is 1.40. The number of aromatic nitrogens is 1. The van der Waals surface area contributed by atoms with E-state index in [1.54, 1.807) is 53.9 Å². The Bertz CT molecular complexity index is 1120. The van der Waals surface area contributed by atoms with Crippen LogP contribution in [0, 0.1) is 0 Å². The number of benzene rings is 3. The van der Waals surface area contributed by atoms with Gasteiger partial charge in [-0.25, -0.2) is 4.98 Å². The van der Waals surface area contributed by atoms with E-state index in [1.165, 1.54) is 0 Å². The number of amides is 1. The van der Waals surface area contributed by atoms with E-state index >= 15 is 0 Å². The zero-order valence-electron chi connectivity index (χ0n) is 15.5. The average molecular weight is 398 g/mol. The number of carbonyl (C=O) groups excluding carboxylic acids is 2. The number of thiazole rings is 1. The molecular formula is C24H18N2O2S. The molecule has 29 heavy (non-hydrogen) atoms. The van der Waals surface area contributed by atoms with Gasteiger partial charge in [0.15, 0.2) is 5.78 Å². The summed E-state index contributed by atoms with van der Waals surface area (Å²) in [5.74, 6) is -0.236. The summed E-state index contributed by atoms with van der Waals surface area (Å²) in [6.45, 7) is 0.419. The van der Waals surface area contributed by atoms with E-state index in [-0.39, 0.29) is 11.7 Å². The molecule has 1 heterocycles. The quantitative estimate of drug-likeness (QED) is 0.467. The number of nitrogens with zero attached hydrogens (tertiary/aromatic N) is 1. The van der Waals surface area contributed by atoms with Crippen molar-refractivity contribution in [2.75, 3.05) is 0 Å². The molecular weight excluding hydrogens is 380 g/mol. The molecule has 4 nitrogen and oxygen atoms in total. The SMILES string of the molecule is O=C(NCc1cccc(-c2nccs2)c1)c1ccc(C(=O)c2ccccc2)cc1. The summed E-state index contributed by atoms with van der Waals surface area (Å²) in [4.78, 5) is 29.3. The van der Waals surface area contributed by atoms with Crippen molar-refractivity contribution in [2.24, 2.45) is 0 Å². The van der Waals surface area contributed by atoms with Gasteiger partial charge in [-0.3, -0.25) is 9.59 Å². The number of nitrogens with one attached hydrogen (secondary N) is 1. The highest BCUT2D eigenvalue weighted by Gasteiger charge is 2.11. The summed E-state index contributed by atoms with van der Waals surface area (Å²) in [5.41, 5.74) is 3.75. The first-order valence-corrected chi connectivity index (χ1v) is 10.1. The Morgan fingerprint density at radius 3 is 2.28 bits per heavy atom. The van der Waals surface area contributed by atoms with Crippen molar-refractivity contribution in [3.63, 3.8) is 0 Å². The minimum Gasteiger partial charge on any atom is -0.348 e. The number of hydrogen-bond acceptors (Lipinski definition) is 4. The third kappa shape index (κ3) is 4.47. The van der Waals surface area contributed by atoms with Crippen LogP contribution in [0.4, 0.5) is 0 Å². The van der Waals surface area contributed by atoms with Gasteiger partial charge in [-0.05, 0) is 23.8 Å². The molecule has 0 radical (unpaired) electrons. The number of rotatable bonds is 6. The lowest BCUT2D eigenvalue weighted by Crippen LogP contribution is -2.22. The fourth-order valence-corrected chi connectivity index (χ4v) is 3.63. The Morgan fingerprint density at radius 1 is 0.828 bits per heavy atom. The normalized spacial score (nSPS) is 10.5. The number of carbonyl (C=O) groups is 2. The summed E-state index contributed by atoms with van der Waals surface area (Å²) in [7, 11) is 0. The van der Waals surface area contributed by atoms with Crippen molar-refractivity contribution in [3.05, 3.63) is 113 Å². The third-order valence-electron chi connectivity index (χ3n) is 4.50. The van der Waals surface area contributed by atoms with Gasteiger partial charge in [-0.2, -0.15) is 0 Å². The molecule has 0 atom stereocenters. The molecule has 1 amide bonds. The van der Waals surface area contributed by atoms with E-state index in [1.807, 2.05) is 47.8 Å². The molecule has 0 unspecified atom stereocenters. The number of hydrogen-bond donors (Lipinski definition) is 1. The standard InChI is InChI=1S/C24H18N2O2S/c27-22(18-6-2-1-3-7-18)19-9-11-20(12-10-19)23(28)26-16-17-5-4-8-21(15-17)24-25-13-14-29-24/h1-15H,16H2,(H,26,28). The van der Waals surface area contributed by atoms with E-state index in [0.717, 1.165) is 16.1 Å². The second-order valence-corrected chi connectivity index (χ2v) is 7.39. The van der Waals surface area contributed by atoms with Gasteiger partial charge in [0.1, 0.15) is 5.01 Å². The van der Waals surface area contributed by atoms with Gasteiger partial charge in [-0.1, -0.05) is 60.7 Å². The van der Waals surface area contributed by atoms with Crippen molar-refractivity contribution >= 4 is 23.0 Å². The van der Waals surface area contributed by atoms with Crippen LogP contribution < -0.4 is 5.32 Å². The largest absolute Gasteiger partial charge is 0.348 e. The minimum atomic E-state index is -0.177. The monoisotopic (exact) mass is 398 g/mol. The predicted octanol–water partition coefficient (Wildman–Crippen LogP) is 4.97. The maximum absolute atomic E-state index is 12.5. The molecule has 4 rings (SSSR count). The molecule has 1 aromatic heterocycles. The van der Waals surface area contributed by atoms with Crippen molar-refractivity contribution < 1.29 is 9.59 Å². The summed E-state index contributed by atoms with van der Waals surface area (Å²) in [5, 5.41) is 5.82. The van der Waals surface area contributed by atoms with E-state index in [9.17, 15) is 9.59 Å². The zero-order chi connectivity index (χ0) is 20.1. The topological polar surface area (TPSA) is 59.1 Å². The molecule has 0 fully saturated rings. The highest BCUT2D eigenvalue weighted by molar-refractivity contribution is 7.13. The summed E-state index contributed by atoms with van der Waals surface area (Å²) in [6.07, 6.45) is 1.78. The van der Waals surface area contributed by atoms with Gasteiger partial charge < -0.3 is 5.32 Å². The molecule has 142 valence electrons. The molecule has 0 aliphatic carbocycles. The minimum absolute atomic E-state index is 0.0587.